The number of rotatable bonds is 7. The average molecular weight is 594 g/mol. The summed E-state index contributed by atoms with van der Waals surface area (Å²) in [4.78, 5) is 27.2. The number of esters is 1. The molecule has 1 aliphatic rings. The standard InChI is InChI=1S/C25H22BrClN2O6S/c1-34-25(31)23-15-29(21-8-4-5-9-22(21)35-23)24(30)16-28(14-17-6-2-3-7-20(17)27)36(32,33)19-12-10-18(26)11-13-19/h2-13,23H,14-16H2,1H3. The number of ether oxygens (including phenoxy) is 2. The maximum Gasteiger partial charge on any atom is 0.348 e. The van der Waals surface area contributed by atoms with Crippen molar-refractivity contribution in [3.63, 3.8) is 0 Å². The first-order valence-corrected chi connectivity index (χ1v) is 13.4. The number of nitrogens with zero attached hydrogens (tertiary/aromatic N) is 2. The number of anilines is 1. The van der Waals surface area contributed by atoms with Crippen LogP contribution < -0.4 is 9.64 Å². The van der Waals surface area contributed by atoms with Crippen LogP contribution >= 0.6 is 27.5 Å². The second-order valence-corrected chi connectivity index (χ2v) is 11.2. The van der Waals surface area contributed by atoms with E-state index in [0.29, 0.717) is 26.5 Å². The monoisotopic (exact) mass is 592 g/mol. The summed E-state index contributed by atoms with van der Waals surface area (Å²) in [5, 5.41) is 0.378. The van der Waals surface area contributed by atoms with Crippen LogP contribution in [-0.2, 0) is 30.9 Å². The average Bonchev–Trinajstić information content (AvgIpc) is 2.88. The van der Waals surface area contributed by atoms with E-state index in [-0.39, 0.29) is 18.0 Å². The lowest BCUT2D eigenvalue weighted by Gasteiger charge is -2.34. The van der Waals surface area contributed by atoms with Crippen LogP contribution in [0.5, 0.6) is 5.75 Å². The maximum absolute atomic E-state index is 13.6. The van der Waals surface area contributed by atoms with Crippen LogP contribution in [0.2, 0.25) is 5.02 Å². The quantitative estimate of drug-likeness (QED) is 0.380. The third-order valence-corrected chi connectivity index (χ3v) is 8.31. The Kier molecular flexibility index (Phi) is 7.99. The summed E-state index contributed by atoms with van der Waals surface area (Å²) < 4.78 is 39.6. The van der Waals surface area contributed by atoms with Crippen molar-refractivity contribution >= 4 is 55.1 Å². The summed E-state index contributed by atoms with van der Waals surface area (Å²) in [6.45, 7) is -0.747. The first-order valence-electron chi connectivity index (χ1n) is 10.8. The molecule has 1 amide bonds. The van der Waals surface area contributed by atoms with Crippen molar-refractivity contribution in [1.29, 1.82) is 0 Å². The van der Waals surface area contributed by atoms with Gasteiger partial charge in [0.1, 0.15) is 5.75 Å². The van der Waals surface area contributed by atoms with Gasteiger partial charge in [0.25, 0.3) is 0 Å². The minimum atomic E-state index is -4.09. The topological polar surface area (TPSA) is 93.2 Å². The number of para-hydroxylation sites is 2. The maximum atomic E-state index is 13.6. The first-order chi connectivity index (χ1) is 17.2. The van der Waals surface area contributed by atoms with Crippen LogP contribution in [0.25, 0.3) is 0 Å². The number of carbonyl (C=O) groups excluding carboxylic acids is 2. The minimum Gasteiger partial charge on any atom is -0.475 e. The fourth-order valence-electron chi connectivity index (χ4n) is 3.76. The second kappa shape index (κ2) is 11.0. The van der Waals surface area contributed by atoms with Crippen molar-refractivity contribution in [2.75, 3.05) is 25.1 Å². The highest BCUT2D eigenvalue weighted by atomic mass is 79.9. The fraction of sp³-hybridized carbons (Fsp3) is 0.200. The summed E-state index contributed by atoms with van der Waals surface area (Å²) in [6.07, 6.45) is -1.05. The Bertz CT molecular complexity index is 1380. The zero-order valence-corrected chi connectivity index (χ0v) is 22.3. The zero-order valence-electron chi connectivity index (χ0n) is 19.1. The number of fused-ring (bicyclic) bond motifs is 1. The Hall–Kier alpha value is -2.92. The molecule has 0 saturated carbocycles. The molecule has 3 aromatic carbocycles. The van der Waals surface area contributed by atoms with Crippen LogP contribution in [0, 0.1) is 0 Å². The molecule has 1 atom stereocenters. The molecule has 1 aliphatic heterocycles. The van der Waals surface area contributed by atoms with Crippen molar-refractivity contribution in [3.8, 4) is 5.75 Å². The number of halogens is 2. The number of sulfonamides is 1. The second-order valence-electron chi connectivity index (χ2n) is 7.92. The molecule has 36 heavy (non-hydrogen) atoms. The first kappa shape index (κ1) is 26.2. The van der Waals surface area contributed by atoms with Crippen LogP contribution in [0.15, 0.2) is 82.2 Å². The zero-order chi connectivity index (χ0) is 25.9. The van der Waals surface area contributed by atoms with E-state index in [9.17, 15) is 18.0 Å². The highest BCUT2D eigenvalue weighted by Crippen LogP contribution is 2.34. The van der Waals surface area contributed by atoms with E-state index < -0.39 is 34.5 Å². The Morgan fingerprint density at radius 2 is 1.75 bits per heavy atom. The Balaban J connectivity index is 1.70. The van der Waals surface area contributed by atoms with Gasteiger partial charge in [-0.05, 0) is 48.0 Å². The van der Waals surface area contributed by atoms with E-state index in [1.54, 1.807) is 60.7 Å². The van der Waals surface area contributed by atoms with Gasteiger partial charge in [0.2, 0.25) is 22.0 Å². The highest BCUT2D eigenvalue weighted by molar-refractivity contribution is 9.10. The van der Waals surface area contributed by atoms with E-state index in [0.717, 1.165) is 4.31 Å². The lowest BCUT2D eigenvalue weighted by Crippen LogP contribution is -2.50. The molecule has 0 fully saturated rings. The normalized spacial score (nSPS) is 15.2. The van der Waals surface area contributed by atoms with Crippen LogP contribution in [0.3, 0.4) is 0 Å². The molecule has 8 nitrogen and oxygen atoms in total. The van der Waals surface area contributed by atoms with Gasteiger partial charge in [0, 0.05) is 16.0 Å². The predicted octanol–water partition coefficient (Wildman–Crippen LogP) is 4.26. The number of benzene rings is 3. The van der Waals surface area contributed by atoms with Crippen molar-refractivity contribution in [1.82, 2.24) is 4.31 Å². The van der Waals surface area contributed by atoms with Crippen LogP contribution in [0.1, 0.15) is 5.56 Å². The molecule has 4 rings (SSSR count). The highest BCUT2D eigenvalue weighted by Gasteiger charge is 2.36. The third kappa shape index (κ3) is 5.57. The number of carbonyl (C=O) groups is 2. The van der Waals surface area contributed by atoms with Gasteiger partial charge in [-0.25, -0.2) is 13.2 Å². The molecular formula is C25H22BrClN2O6S. The molecule has 0 saturated heterocycles. The Labute approximate surface area is 222 Å². The number of methoxy groups -OCH3 is 1. The Morgan fingerprint density at radius 1 is 1.08 bits per heavy atom. The predicted molar refractivity (Wildman–Crippen MR) is 138 cm³/mol. The van der Waals surface area contributed by atoms with Gasteiger partial charge in [-0.15, -0.1) is 0 Å². The molecule has 1 heterocycles. The largest absolute Gasteiger partial charge is 0.475 e. The van der Waals surface area contributed by atoms with Gasteiger partial charge >= 0.3 is 5.97 Å². The molecular weight excluding hydrogens is 572 g/mol. The van der Waals surface area contributed by atoms with Crippen LogP contribution in [-0.4, -0.2) is 50.9 Å². The van der Waals surface area contributed by atoms with Crippen molar-refractivity contribution in [3.05, 3.63) is 87.9 Å². The lowest BCUT2D eigenvalue weighted by molar-refractivity contribution is -0.148. The number of hydrogen-bond acceptors (Lipinski definition) is 6. The number of amides is 1. The van der Waals surface area contributed by atoms with E-state index >= 15 is 0 Å². The summed E-state index contributed by atoms with van der Waals surface area (Å²) in [5.41, 5.74) is 0.976. The molecule has 0 bridgehead atoms. The molecule has 0 radical (unpaired) electrons. The van der Waals surface area contributed by atoms with Gasteiger partial charge in [0.15, 0.2) is 0 Å². The molecule has 0 spiro atoms. The van der Waals surface area contributed by atoms with E-state index in [4.69, 9.17) is 21.1 Å². The number of hydrogen-bond donors (Lipinski definition) is 0. The SMILES string of the molecule is COC(=O)C1CN(C(=O)CN(Cc2ccccc2Cl)S(=O)(=O)c2ccc(Br)cc2)c2ccccc2O1. The minimum absolute atomic E-state index is 0.0281. The third-order valence-electron chi connectivity index (χ3n) is 5.61. The fourth-order valence-corrected chi connectivity index (χ4v) is 5.59. The molecule has 0 aromatic heterocycles. The summed E-state index contributed by atoms with van der Waals surface area (Å²) in [7, 11) is -2.86. The van der Waals surface area contributed by atoms with E-state index in [1.807, 2.05) is 0 Å². The van der Waals surface area contributed by atoms with Crippen molar-refractivity contribution in [2.24, 2.45) is 0 Å². The summed E-state index contributed by atoms with van der Waals surface area (Å²) in [5.74, 6) is -0.856. The van der Waals surface area contributed by atoms with Crippen molar-refractivity contribution in [2.45, 2.75) is 17.5 Å². The van der Waals surface area contributed by atoms with Gasteiger partial charge in [0.05, 0.1) is 30.8 Å². The molecule has 188 valence electrons. The van der Waals surface area contributed by atoms with Gasteiger partial charge in [-0.3, -0.25) is 4.79 Å². The molecule has 0 aliphatic carbocycles. The molecule has 0 N–H and O–H groups in total. The Morgan fingerprint density at radius 3 is 2.44 bits per heavy atom. The van der Waals surface area contributed by atoms with Crippen LogP contribution in [0.4, 0.5) is 5.69 Å². The summed E-state index contributed by atoms with van der Waals surface area (Å²) in [6, 6.07) is 19.7. The van der Waals surface area contributed by atoms with Gasteiger partial charge in [-0.2, -0.15) is 4.31 Å². The molecule has 1 unspecified atom stereocenters. The lowest BCUT2D eigenvalue weighted by atomic mass is 10.2. The molecule has 3 aromatic rings. The van der Waals surface area contributed by atoms with E-state index in [2.05, 4.69) is 15.9 Å². The van der Waals surface area contributed by atoms with Crippen molar-refractivity contribution < 1.29 is 27.5 Å². The van der Waals surface area contributed by atoms with Gasteiger partial charge < -0.3 is 14.4 Å². The van der Waals surface area contributed by atoms with Gasteiger partial charge in [-0.1, -0.05) is 57.9 Å². The molecule has 11 heteroatoms. The summed E-state index contributed by atoms with van der Waals surface area (Å²) >= 11 is 9.62. The smallest absolute Gasteiger partial charge is 0.348 e. The van der Waals surface area contributed by atoms with E-state index in [1.165, 1.54) is 24.1 Å².